The number of esters is 1. The van der Waals surface area contributed by atoms with Crippen molar-refractivity contribution in [2.24, 2.45) is 0 Å². The van der Waals surface area contributed by atoms with Gasteiger partial charge in [-0.3, -0.25) is 9.59 Å². The first-order valence-electron chi connectivity index (χ1n) is 7.61. The molecule has 0 atom stereocenters. The summed E-state index contributed by atoms with van der Waals surface area (Å²) < 4.78 is 6.60. The number of hydrogen-bond acceptors (Lipinski definition) is 4. The fourth-order valence-electron chi connectivity index (χ4n) is 2.49. The van der Waals surface area contributed by atoms with Crippen LogP contribution in [0, 0.1) is 0 Å². The molecule has 3 aromatic rings. The minimum absolute atomic E-state index is 0.168. The van der Waals surface area contributed by atoms with Gasteiger partial charge in [0.2, 0.25) is 0 Å². The average Bonchev–Trinajstić information content (AvgIpc) is 2.62. The summed E-state index contributed by atoms with van der Waals surface area (Å²) in [6, 6.07) is 15.8. The highest BCUT2D eigenvalue weighted by atomic mass is 16.5. The number of nitrogens with zero attached hydrogens (tertiary/aromatic N) is 1. The molecule has 6 nitrogen and oxygen atoms in total. The van der Waals surface area contributed by atoms with E-state index in [9.17, 15) is 14.4 Å². The molecule has 0 radical (unpaired) electrons. The van der Waals surface area contributed by atoms with Gasteiger partial charge in [0.05, 0.1) is 23.2 Å². The van der Waals surface area contributed by atoms with Crippen molar-refractivity contribution >= 4 is 17.0 Å². The normalized spacial score (nSPS) is 10.7. The Balaban J connectivity index is 1.68. The van der Waals surface area contributed by atoms with E-state index in [-0.39, 0.29) is 6.61 Å². The summed E-state index contributed by atoms with van der Waals surface area (Å²) in [5, 5.41) is 0. The molecule has 2 aromatic carbocycles. The third-order valence-electron chi connectivity index (χ3n) is 3.65. The van der Waals surface area contributed by atoms with Gasteiger partial charge in [0.15, 0.2) is 0 Å². The molecule has 3 rings (SSSR count). The minimum atomic E-state index is -0.657. The Bertz CT molecular complexity index is 973. The van der Waals surface area contributed by atoms with Crippen LogP contribution in [0.5, 0.6) is 0 Å². The van der Waals surface area contributed by atoms with E-state index in [4.69, 9.17) is 4.74 Å². The Morgan fingerprint density at radius 1 is 1.00 bits per heavy atom. The van der Waals surface area contributed by atoms with E-state index in [2.05, 4.69) is 4.98 Å². The van der Waals surface area contributed by atoms with Crippen LogP contribution in [0.4, 0.5) is 0 Å². The fourth-order valence-corrected chi connectivity index (χ4v) is 2.49. The number of nitrogens with one attached hydrogen (secondary N) is 1. The number of aromatic nitrogens is 2. The Hall–Kier alpha value is -3.15. The summed E-state index contributed by atoms with van der Waals surface area (Å²) in [6.07, 6.45) is 0.436. The van der Waals surface area contributed by atoms with Crippen LogP contribution in [0.3, 0.4) is 0 Å². The third-order valence-corrected chi connectivity index (χ3v) is 3.65. The number of fused-ring (bicyclic) bond motifs is 1. The van der Waals surface area contributed by atoms with Gasteiger partial charge < -0.3 is 14.3 Å². The van der Waals surface area contributed by atoms with E-state index >= 15 is 0 Å². The Kier molecular flexibility index (Phi) is 4.56. The largest absolute Gasteiger partial charge is 0.462 e. The summed E-state index contributed by atoms with van der Waals surface area (Å²) in [5.41, 5.74) is 0.467. The van der Waals surface area contributed by atoms with Crippen LogP contribution in [0.2, 0.25) is 0 Å². The number of hydrogen-bond donors (Lipinski definition) is 1. The van der Waals surface area contributed by atoms with Gasteiger partial charge in [0, 0.05) is 6.54 Å². The highest BCUT2D eigenvalue weighted by Gasteiger charge is 2.08. The first kappa shape index (κ1) is 15.7. The van der Waals surface area contributed by atoms with Crippen molar-refractivity contribution in [3.63, 3.8) is 0 Å². The van der Waals surface area contributed by atoms with Crippen LogP contribution >= 0.6 is 0 Å². The number of rotatable bonds is 5. The Morgan fingerprint density at radius 2 is 1.71 bits per heavy atom. The second-order valence-electron chi connectivity index (χ2n) is 5.28. The number of aryl methyl sites for hydroxylation is 1. The van der Waals surface area contributed by atoms with Crippen molar-refractivity contribution < 1.29 is 9.53 Å². The average molecular weight is 324 g/mol. The first-order valence-corrected chi connectivity index (χ1v) is 7.61. The molecule has 24 heavy (non-hydrogen) atoms. The molecule has 0 spiro atoms. The molecule has 0 bridgehead atoms. The van der Waals surface area contributed by atoms with Crippen LogP contribution < -0.4 is 11.1 Å². The highest BCUT2D eigenvalue weighted by Crippen LogP contribution is 2.08. The second kappa shape index (κ2) is 6.95. The Morgan fingerprint density at radius 3 is 2.50 bits per heavy atom. The number of carbonyl (C=O) groups excluding carboxylic acids is 1. The van der Waals surface area contributed by atoms with Crippen LogP contribution in [-0.2, 0) is 11.3 Å². The van der Waals surface area contributed by atoms with Crippen molar-refractivity contribution in [3.05, 3.63) is 80.9 Å². The van der Waals surface area contributed by atoms with Gasteiger partial charge in [0.1, 0.15) is 0 Å². The zero-order valence-electron chi connectivity index (χ0n) is 12.9. The molecule has 6 heteroatoms. The smallest absolute Gasteiger partial charge is 0.338 e. The lowest BCUT2D eigenvalue weighted by Crippen LogP contribution is -2.36. The molecule has 0 aliphatic rings. The standard InChI is InChI=1S/C18H16N2O4/c21-16-17(22)20(15-10-5-4-9-14(15)19-16)11-6-12-24-18(23)13-7-2-1-3-8-13/h1-5,7-10H,6,11-12H2,(H,19,21). The molecule has 0 saturated carbocycles. The molecule has 0 saturated heterocycles. The molecule has 0 amide bonds. The molecule has 1 N–H and O–H groups in total. The number of para-hydroxylation sites is 2. The number of H-pyrrole nitrogens is 1. The lowest BCUT2D eigenvalue weighted by molar-refractivity contribution is 0.0496. The van der Waals surface area contributed by atoms with Crippen molar-refractivity contribution in [2.75, 3.05) is 6.61 Å². The monoisotopic (exact) mass is 324 g/mol. The van der Waals surface area contributed by atoms with Crippen molar-refractivity contribution in [3.8, 4) is 0 Å². The molecular formula is C18H16N2O4. The zero-order chi connectivity index (χ0) is 16.9. The van der Waals surface area contributed by atoms with E-state index < -0.39 is 17.1 Å². The predicted octanol–water partition coefficient (Wildman–Crippen LogP) is 1.94. The number of aromatic amines is 1. The quantitative estimate of drug-likeness (QED) is 0.442. The van der Waals surface area contributed by atoms with Gasteiger partial charge in [-0.1, -0.05) is 30.3 Å². The van der Waals surface area contributed by atoms with Crippen molar-refractivity contribution in [2.45, 2.75) is 13.0 Å². The molecule has 0 fully saturated rings. The molecule has 0 unspecified atom stereocenters. The zero-order valence-corrected chi connectivity index (χ0v) is 12.9. The summed E-state index contributed by atoms with van der Waals surface area (Å²) in [6.45, 7) is 0.465. The molecule has 1 heterocycles. The van der Waals surface area contributed by atoms with Gasteiger partial charge in [-0.05, 0) is 30.7 Å². The minimum Gasteiger partial charge on any atom is -0.462 e. The second-order valence-corrected chi connectivity index (χ2v) is 5.28. The summed E-state index contributed by atoms with van der Waals surface area (Å²) in [7, 11) is 0. The van der Waals surface area contributed by atoms with E-state index in [1.807, 2.05) is 6.07 Å². The highest BCUT2D eigenvalue weighted by molar-refractivity contribution is 5.89. The fraction of sp³-hybridized carbons (Fsp3) is 0.167. The lowest BCUT2D eigenvalue weighted by Gasteiger charge is -2.10. The first-order chi connectivity index (χ1) is 11.7. The van der Waals surface area contributed by atoms with Gasteiger partial charge in [-0.2, -0.15) is 0 Å². The summed E-state index contributed by atoms with van der Waals surface area (Å²) in [4.78, 5) is 38.1. The SMILES string of the molecule is O=C(OCCCn1c(=O)c(=O)[nH]c2ccccc21)c1ccccc1. The number of benzene rings is 2. The molecule has 0 aliphatic heterocycles. The van der Waals surface area contributed by atoms with Gasteiger partial charge in [0.25, 0.3) is 0 Å². The van der Waals surface area contributed by atoms with Crippen LogP contribution in [-0.4, -0.2) is 22.1 Å². The maximum Gasteiger partial charge on any atom is 0.338 e. The Labute approximate surface area is 137 Å². The van der Waals surface area contributed by atoms with E-state index in [0.717, 1.165) is 0 Å². The van der Waals surface area contributed by atoms with Crippen LogP contribution in [0.15, 0.2) is 64.2 Å². The van der Waals surface area contributed by atoms with Gasteiger partial charge in [-0.15, -0.1) is 0 Å². The molecule has 0 aliphatic carbocycles. The number of carbonyl (C=O) groups is 1. The summed E-state index contributed by atoms with van der Waals surface area (Å²) >= 11 is 0. The van der Waals surface area contributed by atoms with E-state index in [1.54, 1.807) is 48.5 Å². The maximum absolute atomic E-state index is 12.0. The molecular weight excluding hydrogens is 308 g/mol. The molecule has 122 valence electrons. The van der Waals surface area contributed by atoms with E-state index in [0.29, 0.717) is 29.6 Å². The van der Waals surface area contributed by atoms with Crippen molar-refractivity contribution in [1.82, 2.24) is 9.55 Å². The predicted molar refractivity (Wildman–Crippen MR) is 90.2 cm³/mol. The topological polar surface area (TPSA) is 81.2 Å². The van der Waals surface area contributed by atoms with Gasteiger partial charge in [-0.25, -0.2) is 4.79 Å². The van der Waals surface area contributed by atoms with E-state index in [1.165, 1.54) is 4.57 Å². The van der Waals surface area contributed by atoms with Crippen LogP contribution in [0.1, 0.15) is 16.8 Å². The number of ether oxygens (including phenoxy) is 1. The third kappa shape index (κ3) is 3.27. The van der Waals surface area contributed by atoms with Crippen LogP contribution in [0.25, 0.3) is 11.0 Å². The molecule has 1 aromatic heterocycles. The van der Waals surface area contributed by atoms with Gasteiger partial charge >= 0.3 is 17.1 Å². The lowest BCUT2D eigenvalue weighted by atomic mass is 10.2. The van der Waals surface area contributed by atoms with Crippen molar-refractivity contribution in [1.29, 1.82) is 0 Å². The summed E-state index contributed by atoms with van der Waals surface area (Å²) in [5.74, 6) is -0.404. The maximum atomic E-state index is 12.0.